The highest BCUT2D eigenvalue weighted by Crippen LogP contribution is 2.38. The molecule has 1 N–H and O–H groups in total. The molecule has 8 heteroatoms. The van der Waals surface area contributed by atoms with Crippen LogP contribution in [0.2, 0.25) is 0 Å². The molecule has 5 nitrogen and oxygen atoms in total. The third-order valence-corrected chi connectivity index (χ3v) is 3.90. The van der Waals surface area contributed by atoms with E-state index in [1.54, 1.807) is 6.07 Å². The maximum atomic E-state index is 12.5. The van der Waals surface area contributed by atoms with Crippen molar-refractivity contribution < 1.29 is 32.2 Å². The quantitative estimate of drug-likeness (QED) is 0.825. The minimum atomic E-state index is -4.78. The molecule has 0 unspecified atom stereocenters. The van der Waals surface area contributed by atoms with Crippen LogP contribution in [0.15, 0.2) is 36.4 Å². The molecule has 144 valence electrons. The number of amides is 1. The number of rotatable bonds is 5. The fraction of sp³-hybridized carbons (Fsp3) is 0.316. The van der Waals surface area contributed by atoms with E-state index in [9.17, 15) is 18.0 Å². The van der Waals surface area contributed by atoms with Gasteiger partial charge in [-0.2, -0.15) is 0 Å². The second-order valence-corrected chi connectivity index (χ2v) is 6.05. The standard InChI is InChI=1S/C19H18F3NO4/c1-3-25-17-9-13-8-11(2)26-16(13)10-15(17)23-18(24)12-4-6-14(7-5-12)27-19(20,21)22/h4-7,9-11H,3,8H2,1-2H3,(H,23,24)/t11-/m0/s1. The number of benzene rings is 2. The summed E-state index contributed by atoms with van der Waals surface area (Å²) in [5.74, 6) is 0.309. The minimum absolute atomic E-state index is 0.0432. The molecule has 3 rings (SSSR count). The lowest BCUT2D eigenvalue weighted by atomic mass is 10.1. The van der Waals surface area contributed by atoms with E-state index in [0.29, 0.717) is 23.8 Å². The number of carbonyl (C=O) groups is 1. The van der Waals surface area contributed by atoms with Gasteiger partial charge in [0.2, 0.25) is 0 Å². The highest BCUT2D eigenvalue weighted by Gasteiger charge is 2.31. The summed E-state index contributed by atoms with van der Waals surface area (Å²) >= 11 is 0. The zero-order valence-corrected chi connectivity index (χ0v) is 14.7. The summed E-state index contributed by atoms with van der Waals surface area (Å²) in [6.07, 6.45) is -3.98. The van der Waals surface area contributed by atoms with Gasteiger partial charge < -0.3 is 19.5 Å². The molecular formula is C19H18F3NO4. The number of ether oxygens (including phenoxy) is 3. The number of alkyl halides is 3. The van der Waals surface area contributed by atoms with E-state index in [0.717, 1.165) is 24.1 Å². The van der Waals surface area contributed by atoms with E-state index >= 15 is 0 Å². The van der Waals surface area contributed by atoms with Crippen LogP contribution < -0.4 is 19.5 Å². The molecule has 1 amide bonds. The Balaban J connectivity index is 1.78. The van der Waals surface area contributed by atoms with Crippen LogP contribution in [0.5, 0.6) is 17.2 Å². The summed E-state index contributed by atoms with van der Waals surface area (Å²) in [7, 11) is 0. The smallest absolute Gasteiger partial charge is 0.492 e. The van der Waals surface area contributed by atoms with Gasteiger partial charge in [0.25, 0.3) is 5.91 Å². The topological polar surface area (TPSA) is 56.8 Å². The summed E-state index contributed by atoms with van der Waals surface area (Å²) in [6, 6.07) is 8.20. The van der Waals surface area contributed by atoms with E-state index in [1.807, 2.05) is 19.9 Å². The molecule has 0 aromatic heterocycles. The Labute approximate surface area is 154 Å². The summed E-state index contributed by atoms with van der Waals surface area (Å²) in [5.41, 5.74) is 1.62. The van der Waals surface area contributed by atoms with Crippen molar-refractivity contribution >= 4 is 11.6 Å². The van der Waals surface area contributed by atoms with Crippen molar-refractivity contribution in [2.24, 2.45) is 0 Å². The fourth-order valence-corrected chi connectivity index (χ4v) is 2.81. The molecule has 0 spiro atoms. The van der Waals surface area contributed by atoms with Gasteiger partial charge in [-0.3, -0.25) is 4.79 Å². The molecule has 2 aromatic rings. The van der Waals surface area contributed by atoms with Crippen LogP contribution in [-0.2, 0) is 6.42 Å². The van der Waals surface area contributed by atoms with Gasteiger partial charge in [0.15, 0.2) is 0 Å². The number of anilines is 1. The van der Waals surface area contributed by atoms with Crippen molar-refractivity contribution in [3.05, 3.63) is 47.5 Å². The van der Waals surface area contributed by atoms with Crippen molar-refractivity contribution in [2.75, 3.05) is 11.9 Å². The predicted octanol–water partition coefficient (Wildman–Crippen LogP) is 4.56. The average molecular weight is 381 g/mol. The molecule has 1 aliphatic rings. The zero-order valence-electron chi connectivity index (χ0n) is 14.7. The lowest BCUT2D eigenvalue weighted by Gasteiger charge is -2.14. The van der Waals surface area contributed by atoms with Gasteiger partial charge >= 0.3 is 6.36 Å². The molecule has 2 aromatic carbocycles. The molecule has 1 heterocycles. The zero-order chi connectivity index (χ0) is 19.6. The second-order valence-electron chi connectivity index (χ2n) is 6.05. The number of halogens is 3. The van der Waals surface area contributed by atoms with Gasteiger partial charge in [0, 0.05) is 23.6 Å². The van der Waals surface area contributed by atoms with E-state index in [1.165, 1.54) is 12.1 Å². The lowest BCUT2D eigenvalue weighted by molar-refractivity contribution is -0.274. The highest BCUT2D eigenvalue weighted by molar-refractivity contribution is 6.05. The number of hydrogen-bond donors (Lipinski definition) is 1. The van der Waals surface area contributed by atoms with Crippen LogP contribution in [0.1, 0.15) is 29.8 Å². The highest BCUT2D eigenvalue weighted by atomic mass is 19.4. The number of nitrogens with one attached hydrogen (secondary N) is 1. The molecule has 0 radical (unpaired) electrons. The predicted molar refractivity (Wildman–Crippen MR) is 92.5 cm³/mol. The van der Waals surface area contributed by atoms with Crippen molar-refractivity contribution in [1.82, 2.24) is 0 Å². The molecule has 1 atom stereocenters. The molecule has 1 aliphatic heterocycles. The van der Waals surface area contributed by atoms with E-state index in [-0.39, 0.29) is 11.7 Å². The number of carbonyl (C=O) groups excluding carboxylic acids is 1. The van der Waals surface area contributed by atoms with E-state index in [2.05, 4.69) is 10.1 Å². The van der Waals surface area contributed by atoms with Crippen molar-refractivity contribution in [3.8, 4) is 17.2 Å². The number of hydrogen-bond acceptors (Lipinski definition) is 4. The minimum Gasteiger partial charge on any atom is -0.492 e. The van der Waals surface area contributed by atoms with Gasteiger partial charge in [-0.05, 0) is 44.2 Å². The van der Waals surface area contributed by atoms with Gasteiger partial charge in [0.1, 0.15) is 23.4 Å². The first-order valence-corrected chi connectivity index (χ1v) is 8.38. The van der Waals surface area contributed by atoms with Crippen LogP contribution in [0.25, 0.3) is 0 Å². The Morgan fingerprint density at radius 1 is 1.26 bits per heavy atom. The fourth-order valence-electron chi connectivity index (χ4n) is 2.81. The molecule has 0 fully saturated rings. The van der Waals surface area contributed by atoms with Crippen LogP contribution in [0.3, 0.4) is 0 Å². The van der Waals surface area contributed by atoms with Gasteiger partial charge in [0.05, 0.1) is 12.3 Å². The number of fused-ring (bicyclic) bond motifs is 1. The molecular weight excluding hydrogens is 363 g/mol. The summed E-state index contributed by atoms with van der Waals surface area (Å²) in [4.78, 5) is 12.5. The summed E-state index contributed by atoms with van der Waals surface area (Å²) in [6.45, 7) is 4.20. The first kappa shape index (κ1) is 18.9. The van der Waals surface area contributed by atoms with E-state index in [4.69, 9.17) is 9.47 Å². The first-order chi connectivity index (χ1) is 12.7. The molecule has 0 bridgehead atoms. The largest absolute Gasteiger partial charge is 0.573 e. The monoisotopic (exact) mass is 381 g/mol. The molecule has 0 saturated carbocycles. The summed E-state index contributed by atoms with van der Waals surface area (Å²) in [5, 5.41) is 2.72. The van der Waals surface area contributed by atoms with Crippen LogP contribution in [-0.4, -0.2) is 25.0 Å². The maximum Gasteiger partial charge on any atom is 0.573 e. The second kappa shape index (κ2) is 7.38. The summed E-state index contributed by atoms with van der Waals surface area (Å²) < 4.78 is 51.7. The molecule has 0 saturated heterocycles. The van der Waals surface area contributed by atoms with Crippen LogP contribution in [0.4, 0.5) is 18.9 Å². The van der Waals surface area contributed by atoms with Crippen molar-refractivity contribution in [3.63, 3.8) is 0 Å². The Hall–Kier alpha value is -2.90. The van der Waals surface area contributed by atoms with Gasteiger partial charge in [-0.15, -0.1) is 13.2 Å². The van der Waals surface area contributed by atoms with Gasteiger partial charge in [-0.25, -0.2) is 0 Å². The maximum absolute atomic E-state index is 12.5. The van der Waals surface area contributed by atoms with Crippen molar-refractivity contribution in [2.45, 2.75) is 32.7 Å². The molecule has 0 aliphatic carbocycles. The third kappa shape index (κ3) is 4.64. The molecule has 27 heavy (non-hydrogen) atoms. The van der Waals surface area contributed by atoms with Gasteiger partial charge in [-0.1, -0.05) is 0 Å². The normalized spacial score (nSPS) is 15.7. The van der Waals surface area contributed by atoms with Crippen LogP contribution >= 0.6 is 0 Å². The Bertz CT molecular complexity index is 834. The van der Waals surface area contributed by atoms with Crippen LogP contribution in [0, 0.1) is 0 Å². The first-order valence-electron chi connectivity index (χ1n) is 8.38. The van der Waals surface area contributed by atoms with Crippen molar-refractivity contribution in [1.29, 1.82) is 0 Å². The lowest BCUT2D eigenvalue weighted by Crippen LogP contribution is -2.17. The Morgan fingerprint density at radius 2 is 1.96 bits per heavy atom. The third-order valence-electron chi connectivity index (χ3n) is 3.90. The average Bonchev–Trinajstić information content (AvgIpc) is 2.93. The van der Waals surface area contributed by atoms with E-state index < -0.39 is 18.0 Å². The SMILES string of the molecule is CCOc1cc2c(cc1NC(=O)c1ccc(OC(F)(F)F)cc1)O[C@@H](C)C2. The Kier molecular flexibility index (Phi) is 5.16. The Morgan fingerprint density at radius 3 is 2.59 bits per heavy atom.